The molecule has 2 aromatic rings. The second-order valence-corrected chi connectivity index (χ2v) is 13.4. The molecule has 0 bridgehead atoms. The number of fused-ring (bicyclic) bond motifs is 1. The van der Waals surface area contributed by atoms with Gasteiger partial charge < -0.3 is 4.74 Å². The van der Waals surface area contributed by atoms with E-state index in [1.807, 2.05) is 19.1 Å². The Morgan fingerprint density at radius 3 is 2.12 bits per heavy atom. The van der Waals surface area contributed by atoms with Gasteiger partial charge in [-0.1, -0.05) is 53.1 Å². The van der Waals surface area contributed by atoms with Crippen molar-refractivity contribution in [3.05, 3.63) is 76.4 Å². The number of hydrogen-bond donors (Lipinski definition) is 0. The highest BCUT2D eigenvalue weighted by Gasteiger charge is 2.71. The molecule has 0 unspecified atom stereocenters. The van der Waals surface area contributed by atoms with Crippen LogP contribution in [0.15, 0.2) is 64.6 Å². The number of ether oxygens (including phenoxy) is 1. The molecular formula is C29H35NO3S. The van der Waals surface area contributed by atoms with Crippen LogP contribution < -0.4 is 0 Å². The van der Waals surface area contributed by atoms with Gasteiger partial charge >= 0.3 is 0 Å². The van der Waals surface area contributed by atoms with Crippen LogP contribution in [-0.2, 0) is 14.8 Å². The summed E-state index contributed by atoms with van der Waals surface area (Å²) in [4.78, 5) is 0.396. The third-order valence-electron chi connectivity index (χ3n) is 9.06. The SMILES string of the molecule is Cc1ccc([C@@H]2C3=C(CCCC3)[C@H]3OC(C)(C)[C@@H]4CN(S(=O)(=O)c5ccc(C)cc5)C[C@@]324)cc1. The summed E-state index contributed by atoms with van der Waals surface area (Å²) in [5, 5.41) is 0. The molecule has 2 saturated heterocycles. The Kier molecular flexibility index (Phi) is 4.98. The van der Waals surface area contributed by atoms with Crippen LogP contribution in [0, 0.1) is 25.2 Å². The predicted octanol–water partition coefficient (Wildman–Crippen LogP) is 5.76. The molecule has 0 N–H and O–H groups in total. The second kappa shape index (κ2) is 7.52. The van der Waals surface area contributed by atoms with Crippen molar-refractivity contribution in [1.82, 2.24) is 4.31 Å². The largest absolute Gasteiger partial charge is 0.367 e. The van der Waals surface area contributed by atoms with Gasteiger partial charge in [-0.2, -0.15) is 4.31 Å². The molecule has 4 aliphatic rings. The van der Waals surface area contributed by atoms with Gasteiger partial charge in [0.25, 0.3) is 0 Å². The Bertz CT molecular complexity index is 1260. The molecule has 2 aliphatic heterocycles. The molecule has 2 heterocycles. The zero-order valence-electron chi connectivity index (χ0n) is 20.7. The Labute approximate surface area is 204 Å². The summed E-state index contributed by atoms with van der Waals surface area (Å²) >= 11 is 0. The molecule has 0 amide bonds. The molecule has 0 radical (unpaired) electrons. The fourth-order valence-corrected chi connectivity index (χ4v) is 9.06. The molecule has 4 atom stereocenters. The third kappa shape index (κ3) is 3.06. The fourth-order valence-electron chi connectivity index (χ4n) is 7.54. The topological polar surface area (TPSA) is 46.6 Å². The van der Waals surface area contributed by atoms with E-state index in [0.717, 1.165) is 18.4 Å². The van der Waals surface area contributed by atoms with E-state index < -0.39 is 10.0 Å². The van der Waals surface area contributed by atoms with Crippen LogP contribution in [0.3, 0.4) is 0 Å². The van der Waals surface area contributed by atoms with Gasteiger partial charge in [0, 0.05) is 30.3 Å². The standard InChI is InChI=1S/C29H35NO3S/c1-19-9-13-21(14-10-19)26-23-7-5-6-8-24(23)27-29(26)18-30(17-25(29)28(3,4)33-27)34(31,32)22-15-11-20(2)12-16-22/h9-16,25-27H,5-8,17-18H2,1-4H3/t25-,26+,27+,29-/m0/s1. The van der Waals surface area contributed by atoms with Crippen molar-refractivity contribution >= 4 is 10.0 Å². The lowest BCUT2D eigenvalue weighted by molar-refractivity contribution is -0.0286. The maximum Gasteiger partial charge on any atom is 0.243 e. The summed E-state index contributed by atoms with van der Waals surface area (Å²) in [6.07, 6.45) is 4.60. The van der Waals surface area contributed by atoms with Crippen molar-refractivity contribution in [2.24, 2.45) is 11.3 Å². The van der Waals surface area contributed by atoms with Crippen LogP contribution in [-0.4, -0.2) is 37.5 Å². The van der Waals surface area contributed by atoms with Gasteiger partial charge in [0.05, 0.1) is 16.6 Å². The number of benzene rings is 2. The summed E-state index contributed by atoms with van der Waals surface area (Å²) in [6.45, 7) is 9.50. The summed E-state index contributed by atoms with van der Waals surface area (Å²) in [5.41, 5.74) is 6.04. The summed E-state index contributed by atoms with van der Waals surface area (Å²) in [7, 11) is -3.58. The molecule has 2 fully saturated rings. The van der Waals surface area contributed by atoms with Gasteiger partial charge in [0.2, 0.25) is 10.0 Å². The normalized spacial score (nSPS) is 32.5. The molecule has 2 aromatic carbocycles. The molecular weight excluding hydrogens is 442 g/mol. The van der Waals surface area contributed by atoms with Crippen LogP contribution in [0.25, 0.3) is 0 Å². The molecule has 0 aromatic heterocycles. The first-order chi connectivity index (χ1) is 16.1. The number of rotatable bonds is 3. The van der Waals surface area contributed by atoms with E-state index in [9.17, 15) is 8.42 Å². The van der Waals surface area contributed by atoms with Crippen molar-refractivity contribution < 1.29 is 13.2 Å². The zero-order valence-corrected chi connectivity index (χ0v) is 21.5. The van der Waals surface area contributed by atoms with Crippen LogP contribution in [0.5, 0.6) is 0 Å². The predicted molar refractivity (Wildman–Crippen MR) is 134 cm³/mol. The minimum Gasteiger partial charge on any atom is -0.367 e. The summed E-state index contributed by atoms with van der Waals surface area (Å²) in [6, 6.07) is 16.2. The Morgan fingerprint density at radius 1 is 0.882 bits per heavy atom. The minimum absolute atomic E-state index is 0.00678. The number of allylic oxidation sites excluding steroid dienone is 1. The average Bonchev–Trinajstić information content (AvgIpc) is 3.40. The lowest BCUT2D eigenvalue weighted by Gasteiger charge is -2.38. The first-order valence-electron chi connectivity index (χ1n) is 12.7. The maximum absolute atomic E-state index is 13.8. The Hall–Kier alpha value is -1.95. The highest BCUT2D eigenvalue weighted by Crippen LogP contribution is 2.69. The van der Waals surface area contributed by atoms with Gasteiger partial charge in [-0.05, 0) is 76.6 Å². The molecule has 6 rings (SSSR count). The second-order valence-electron chi connectivity index (χ2n) is 11.5. The quantitative estimate of drug-likeness (QED) is 0.529. The number of hydrogen-bond acceptors (Lipinski definition) is 3. The molecule has 4 nitrogen and oxygen atoms in total. The van der Waals surface area contributed by atoms with Gasteiger partial charge in [-0.15, -0.1) is 0 Å². The first-order valence-corrected chi connectivity index (χ1v) is 14.1. The van der Waals surface area contributed by atoms with Gasteiger partial charge in [0.1, 0.15) is 0 Å². The molecule has 5 heteroatoms. The van der Waals surface area contributed by atoms with E-state index >= 15 is 0 Å². The van der Waals surface area contributed by atoms with Crippen LogP contribution >= 0.6 is 0 Å². The Morgan fingerprint density at radius 2 is 1.47 bits per heavy atom. The molecule has 2 aliphatic carbocycles. The van der Waals surface area contributed by atoms with Crippen molar-refractivity contribution in [3.63, 3.8) is 0 Å². The zero-order chi connectivity index (χ0) is 23.9. The van der Waals surface area contributed by atoms with Crippen molar-refractivity contribution in [3.8, 4) is 0 Å². The molecule has 34 heavy (non-hydrogen) atoms. The van der Waals surface area contributed by atoms with Crippen molar-refractivity contribution in [2.45, 2.75) is 75.9 Å². The lowest BCUT2D eigenvalue weighted by atomic mass is 9.62. The highest BCUT2D eigenvalue weighted by atomic mass is 32.2. The average molecular weight is 478 g/mol. The van der Waals surface area contributed by atoms with E-state index in [-0.39, 0.29) is 29.0 Å². The first kappa shape index (κ1) is 22.5. The van der Waals surface area contributed by atoms with Gasteiger partial charge in [0.15, 0.2) is 0 Å². The Balaban J connectivity index is 1.49. The molecule has 180 valence electrons. The molecule has 0 saturated carbocycles. The van der Waals surface area contributed by atoms with Gasteiger partial charge in [-0.25, -0.2) is 8.42 Å². The van der Waals surface area contributed by atoms with Crippen LogP contribution in [0.2, 0.25) is 0 Å². The maximum atomic E-state index is 13.8. The van der Waals surface area contributed by atoms with E-state index in [1.54, 1.807) is 16.4 Å². The number of aryl methyl sites for hydroxylation is 2. The monoisotopic (exact) mass is 477 g/mol. The van der Waals surface area contributed by atoms with Gasteiger partial charge in [-0.3, -0.25) is 0 Å². The van der Waals surface area contributed by atoms with Crippen molar-refractivity contribution in [2.75, 3.05) is 13.1 Å². The number of nitrogens with zero attached hydrogens (tertiary/aromatic N) is 1. The number of sulfonamides is 1. The van der Waals surface area contributed by atoms with E-state index in [0.29, 0.717) is 18.0 Å². The van der Waals surface area contributed by atoms with Crippen LogP contribution in [0.1, 0.15) is 62.1 Å². The van der Waals surface area contributed by atoms with E-state index in [1.165, 1.54) is 35.1 Å². The lowest BCUT2D eigenvalue weighted by Crippen LogP contribution is -2.41. The highest BCUT2D eigenvalue weighted by molar-refractivity contribution is 7.89. The summed E-state index contributed by atoms with van der Waals surface area (Å²) in [5.74, 6) is 0.362. The van der Waals surface area contributed by atoms with E-state index in [2.05, 4.69) is 45.0 Å². The smallest absolute Gasteiger partial charge is 0.243 e. The van der Waals surface area contributed by atoms with Crippen LogP contribution in [0.4, 0.5) is 0 Å². The minimum atomic E-state index is -3.58. The summed E-state index contributed by atoms with van der Waals surface area (Å²) < 4.78 is 36.3. The van der Waals surface area contributed by atoms with E-state index in [4.69, 9.17) is 4.74 Å². The molecule has 1 spiro atoms. The fraction of sp³-hybridized carbons (Fsp3) is 0.517. The third-order valence-corrected chi connectivity index (χ3v) is 10.9. The van der Waals surface area contributed by atoms with Crippen molar-refractivity contribution in [1.29, 1.82) is 0 Å².